The minimum Gasteiger partial charge on any atom is -0.511 e. The molecule has 25 heavy (non-hydrogen) atoms. The van der Waals surface area contributed by atoms with Crippen LogP contribution in [0.3, 0.4) is 0 Å². The number of allylic oxidation sites excluding steroid dienone is 2. The van der Waals surface area contributed by atoms with E-state index in [1.165, 1.54) is 7.05 Å². The number of aliphatic hydroxyl groups excluding tert-OH is 1. The first kappa shape index (κ1) is 19.1. The van der Waals surface area contributed by atoms with Crippen molar-refractivity contribution >= 4 is 30.1 Å². The highest BCUT2D eigenvalue weighted by molar-refractivity contribution is 7.80. The first-order chi connectivity index (χ1) is 11.8. The standard InChI is InChI=1S/C18H21NO5S/c1-9-11(16(22)15-12(20)5-4-6-13(15)21)7-8-14(25)17(9)24-10(2)18(23)19-3/h7-8,10,20,25H,4-6H2,1-3H3,(H,19,23). The summed E-state index contributed by atoms with van der Waals surface area (Å²) in [5, 5.41) is 12.5. The number of Topliss-reactive ketones (excluding diaryl/α,β-unsaturated/α-hetero) is 2. The van der Waals surface area contributed by atoms with Crippen molar-refractivity contribution in [2.75, 3.05) is 7.05 Å². The number of hydrogen-bond acceptors (Lipinski definition) is 6. The maximum absolute atomic E-state index is 12.8. The zero-order valence-electron chi connectivity index (χ0n) is 14.4. The summed E-state index contributed by atoms with van der Waals surface area (Å²) in [7, 11) is 1.50. The molecule has 0 radical (unpaired) electrons. The number of amides is 1. The average Bonchev–Trinajstić information content (AvgIpc) is 2.57. The van der Waals surface area contributed by atoms with Crippen LogP contribution in [0, 0.1) is 6.92 Å². The fourth-order valence-corrected chi connectivity index (χ4v) is 3.02. The number of hydrogen-bond donors (Lipinski definition) is 3. The molecule has 0 saturated carbocycles. The molecule has 0 aromatic heterocycles. The van der Waals surface area contributed by atoms with Crippen LogP contribution < -0.4 is 10.1 Å². The molecule has 1 aliphatic carbocycles. The van der Waals surface area contributed by atoms with Crippen LogP contribution in [0.2, 0.25) is 0 Å². The van der Waals surface area contributed by atoms with Gasteiger partial charge >= 0.3 is 0 Å². The molecule has 0 saturated heterocycles. The van der Waals surface area contributed by atoms with Gasteiger partial charge in [-0.1, -0.05) is 0 Å². The van der Waals surface area contributed by atoms with Crippen molar-refractivity contribution in [3.8, 4) is 5.75 Å². The van der Waals surface area contributed by atoms with Gasteiger partial charge in [-0.05, 0) is 32.4 Å². The molecule has 1 aliphatic rings. The smallest absolute Gasteiger partial charge is 0.260 e. The molecule has 1 unspecified atom stereocenters. The van der Waals surface area contributed by atoms with Gasteiger partial charge in [-0.15, -0.1) is 12.6 Å². The zero-order valence-corrected chi connectivity index (χ0v) is 15.3. The first-order valence-electron chi connectivity index (χ1n) is 7.98. The lowest BCUT2D eigenvalue weighted by molar-refractivity contribution is -0.126. The Morgan fingerprint density at radius 3 is 2.60 bits per heavy atom. The van der Waals surface area contributed by atoms with Gasteiger partial charge in [0.25, 0.3) is 5.91 Å². The summed E-state index contributed by atoms with van der Waals surface area (Å²) in [6.45, 7) is 3.24. The number of thiol groups is 1. The highest BCUT2D eigenvalue weighted by atomic mass is 32.1. The molecular weight excluding hydrogens is 342 g/mol. The maximum Gasteiger partial charge on any atom is 0.260 e. The van der Waals surface area contributed by atoms with Gasteiger partial charge in [-0.25, -0.2) is 0 Å². The average molecular weight is 363 g/mol. The summed E-state index contributed by atoms with van der Waals surface area (Å²) in [4.78, 5) is 37.0. The second-order valence-corrected chi connectivity index (χ2v) is 6.37. The van der Waals surface area contributed by atoms with Crippen molar-refractivity contribution in [1.82, 2.24) is 5.32 Å². The Bertz CT molecular complexity index is 769. The molecule has 0 aliphatic heterocycles. The molecule has 0 spiro atoms. The van der Waals surface area contributed by atoms with Crippen LogP contribution in [0.1, 0.15) is 42.1 Å². The first-order valence-corrected chi connectivity index (χ1v) is 8.43. The van der Waals surface area contributed by atoms with Gasteiger partial charge < -0.3 is 15.2 Å². The third kappa shape index (κ3) is 3.87. The number of ketones is 2. The summed E-state index contributed by atoms with van der Waals surface area (Å²) in [6, 6.07) is 3.11. The SMILES string of the molecule is CNC(=O)C(C)Oc1c(S)ccc(C(=O)C2=C(O)CCCC2=O)c1C. The molecule has 2 rings (SSSR count). The monoisotopic (exact) mass is 363 g/mol. The van der Waals surface area contributed by atoms with E-state index in [2.05, 4.69) is 17.9 Å². The Morgan fingerprint density at radius 1 is 1.32 bits per heavy atom. The predicted molar refractivity (Wildman–Crippen MR) is 95.4 cm³/mol. The van der Waals surface area contributed by atoms with E-state index in [4.69, 9.17) is 4.74 Å². The fourth-order valence-electron chi connectivity index (χ4n) is 2.73. The van der Waals surface area contributed by atoms with E-state index in [1.54, 1.807) is 26.0 Å². The Morgan fingerprint density at radius 2 is 2.00 bits per heavy atom. The molecule has 2 N–H and O–H groups in total. The molecular formula is C18H21NO5S. The fraction of sp³-hybridized carbons (Fsp3) is 0.389. The van der Waals surface area contributed by atoms with Crippen molar-refractivity contribution < 1.29 is 24.2 Å². The van der Waals surface area contributed by atoms with Crippen LogP contribution in [-0.2, 0) is 9.59 Å². The zero-order chi connectivity index (χ0) is 18.7. The second kappa shape index (κ2) is 7.74. The number of carbonyl (C=O) groups is 3. The summed E-state index contributed by atoms with van der Waals surface area (Å²) in [6.07, 6.45) is 0.317. The minimum absolute atomic E-state index is 0.161. The molecule has 1 aromatic carbocycles. The molecule has 7 heteroatoms. The van der Waals surface area contributed by atoms with Crippen LogP contribution in [0.25, 0.3) is 0 Å². The van der Waals surface area contributed by atoms with Crippen molar-refractivity contribution in [2.45, 2.75) is 44.1 Å². The topological polar surface area (TPSA) is 92.7 Å². The van der Waals surface area contributed by atoms with Gasteiger partial charge in [0.15, 0.2) is 17.7 Å². The van der Waals surface area contributed by atoms with Crippen molar-refractivity contribution in [1.29, 1.82) is 0 Å². The van der Waals surface area contributed by atoms with Crippen molar-refractivity contribution in [2.24, 2.45) is 0 Å². The van der Waals surface area contributed by atoms with E-state index in [0.717, 1.165) is 0 Å². The Kier molecular flexibility index (Phi) is 5.89. The Hall–Kier alpha value is -2.28. The van der Waals surface area contributed by atoms with E-state index >= 15 is 0 Å². The number of nitrogens with one attached hydrogen (secondary N) is 1. The highest BCUT2D eigenvalue weighted by Gasteiger charge is 2.29. The van der Waals surface area contributed by atoms with Gasteiger partial charge in [0, 0.05) is 35.9 Å². The molecule has 6 nitrogen and oxygen atoms in total. The van der Waals surface area contributed by atoms with Crippen molar-refractivity contribution in [3.05, 3.63) is 34.6 Å². The lowest BCUT2D eigenvalue weighted by Crippen LogP contribution is -2.34. The highest BCUT2D eigenvalue weighted by Crippen LogP contribution is 2.33. The van der Waals surface area contributed by atoms with Crippen LogP contribution in [0.5, 0.6) is 5.75 Å². The quantitative estimate of drug-likeness (QED) is 0.425. The number of carbonyl (C=O) groups excluding carboxylic acids is 3. The van der Waals surface area contributed by atoms with Crippen LogP contribution >= 0.6 is 12.6 Å². The molecule has 0 bridgehead atoms. The molecule has 1 amide bonds. The van der Waals surface area contributed by atoms with Gasteiger partial charge in [0.05, 0.1) is 0 Å². The summed E-state index contributed by atoms with van der Waals surface area (Å²) in [5.74, 6) is -1.08. The number of benzene rings is 1. The number of likely N-dealkylation sites (N-methyl/N-ethyl adjacent to an activating group) is 1. The van der Waals surface area contributed by atoms with Gasteiger partial charge in [0.1, 0.15) is 17.1 Å². The lowest BCUT2D eigenvalue weighted by atomic mass is 9.89. The summed E-state index contributed by atoms with van der Waals surface area (Å²) in [5.41, 5.74) is 0.548. The number of rotatable bonds is 5. The van der Waals surface area contributed by atoms with Gasteiger partial charge in [-0.2, -0.15) is 0 Å². The van der Waals surface area contributed by atoms with Gasteiger partial charge in [0.2, 0.25) is 0 Å². The lowest BCUT2D eigenvalue weighted by Gasteiger charge is -2.19. The Balaban J connectivity index is 2.43. The number of ether oxygens (including phenoxy) is 1. The van der Waals surface area contributed by atoms with Crippen LogP contribution in [0.15, 0.2) is 28.4 Å². The van der Waals surface area contributed by atoms with Gasteiger partial charge in [-0.3, -0.25) is 14.4 Å². The maximum atomic E-state index is 12.8. The molecule has 1 aromatic rings. The van der Waals surface area contributed by atoms with Crippen LogP contribution in [0.4, 0.5) is 0 Å². The largest absolute Gasteiger partial charge is 0.511 e. The minimum atomic E-state index is -0.774. The van der Waals surface area contributed by atoms with Crippen LogP contribution in [-0.4, -0.2) is 35.7 Å². The third-order valence-corrected chi connectivity index (χ3v) is 4.50. The van der Waals surface area contributed by atoms with Crippen molar-refractivity contribution in [3.63, 3.8) is 0 Å². The normalized spacial score (nSPS) is 15.8. The summed E-state index contributed by atoms with van der Waals surface area (Å²) >= 11 is 4.32. The molecule has 134 valence electrons. The van der Waals surface area contributed by atoms with E-state index in [0.29, 0.717) is 29.1 Å². The number of aliphatic hydroxyl groups is 1. The Labute approximate surface area is 151 Å². The second-order valence-electron chi connectivity index (χ2n) is 5.89. The molecule has 0 heterocycles. The summed E-state index contributed by atoms with van der Waals surface area (Å²) < 4.78 is 5.66. The van der Waals surface area contributed by atoms with E-state index in [9.17, 15) is 19.5 Å². The van der Waals surface area contributed by atoms with E-state index < -0.39 is 11.9 Å². The van der Waals surface area contributed by atoms with E-state index in [1.807, 2.05) is 0 Å². The predicted octanol–water partition coefficient (Wildman–Crippen LogP) is 2.54. The third-order valence-electron chi connectivity index (χ3n) is 4.15. The molecule has 0 fully saturated rings. The molecule has 1 atom stereocenters. The van der Waals surface area contributed by atoms with E-state index in [-0.39, 0.29) is 35.0 Å².